The molecule has 2 heterocycles. The van der Waals surface area contributed by atoms with E-state index in [9.17, 15) is 0 Å². The van der Waals surface area contributed by atoms with Gasteiger partial charge in [-0.15, -0.1) is 0 Å². The average Bonchev–Trinajstić information content (AvgIpc) is 2.69. The number of nitrogen functional groups attached to an aromatic ring is 1. The van der Waals surface area contributed by atoms with Crippen molar-refractivity contribution < 1.29 is 9.47 Å². The predicted octanol–water partition coefficient (Wildman–Crippen LogP) is 2.91. The maximum absolute atomic E-state index is 5.90. The number of para-hydroxylation sites is 1. The van der Waals surface area contributed by atoms with Crippen molar-refractivity contribution in [3.8, 4) is 11.5 Å². The summed E-state index contributed by atoms with van der Waals surface area (Å²) in [6, 6.07) is 13.9. The van der Waals surface area contributed by atoms with E-state index in [0.717, 1.165) is 28.3 Å². The topological polar surface area (TPSA) is 98.4 Å². The number of aromatic nitrogens is 3. The van der Waals surface area contributed by atoms with Crippen molar-refractivity contribution in [3.63, 3.8) is 0 Å². The van der Waals surface area contributed by atoms with Crippen LogP contribution in [-0.2, 0) is 13.1 Å². The Labute approximate surface area is 169 Å². The number of hydrogen-bond acceptors (Lipinski definition) is 8. The lowest BCUT2D eigenvalue weighted by Gasteiger charge is -2.21. The number of nitrogens with two attached hydrogens (primary N) is 1. The molecular formula is C21H24N6O2. The van der Waals surface area contributed by atoms with Crippen molar-refractivity contribution in [2.45, 2.75) is 20.0 Å². The molecule has 0 bridgehead atoms. The fourth-order valence-electron chi connectivity index (χ4n) is 3.19. The zero-order chi connectivity index (χ0) is 20.2. The van der Waals surface area contributed by atoms with E-state index in [2.05, 4.69) is 25.2 Å². The van der Waals surface area contributed by atoms with Gasteiger partial charge in [0.1, 0.15) is 19.0 Å². The van der Waals surface area contributed by atoms with Crippen LogP contribution in [0.5, 0.6) is 11.5 Å². The summed E-state index contributed by atoms with van der Waals surface area (Å²) >= 11 is 0. The molecule has 8 nitrogen and oxygen atoms in total. The maximum Gasteiger partial charge on any atom is 0.232 e. The molecule has 0 amide bonds. The molecule has 1 aliphatic rings. The van der Waals surface area contributed by atoms with Gasteiger partial charge in [0.25, 0.3) is 0 Å². The first-order chi connectivity index (χ1) is 14.1. The van der Waals surface area contributed by atoms with Gasteiger partial charge in [-0.3, -0.25) is 4.90 Å². The van der Waals surface area contributed by atoms with Crippen molar-refractivity contribution in [1.82, 2.24) is 19.9 Å². The van der Waals surface area contributed by atoms with E-state index in [1.807, 2.05) is 56.4 Å². The van der Waals surface area contributed by atoms with Gasteiger partial charge in [-0.25, -0.2) is 0 Å². The number of aryl methyl sites for hydroxylation is 1. The van der Waals surface area contributed by atoms with Gasteiger partial charge in [-0.2, -0.15) is 15.0 Å². The fourth-order valence-corrected chi connectivity index (χ4v) is 3.19. The minimum Gasteiger partial charge on any atom is -0.486 e. The zero-order valence-corrected chi connectivity index (χ0v) is 16.6. The molecular weight excluding hydrogens is 368 g/mol. The second kappa shape index (κ2) is 8.32. The number of rotatable bonds is 6. The number of benzene rings is 2. The molecule has 0 fully saturated rings. The Morgan fingerprint density at radius 2 is 1.79 bits per heavy atom. The van der Waals surface area contributed by atoms with E-state index in [1.165, 1.54) is 0 Å². The number of nitrogens with one attached hydrogen (secondary N) is 1. The summed E-state index contributed by atoms with van der Waals surface area (Å²) in [4.78, 5) is 15.1. The van der Waals surface area contributed by atoms with Crippen molar-refractivity contribution in [2.75, 3.05) is 31.3 Å². The SMILES string of the molecule is Cc1ccccc1Nc1nc(N)nc(CN(C)Cc2ccc3c(c2)OCCO3)n1. The van der Waals surface area contributed by atoms with Crippen LogP contribution in [-0.4, -0.2) is 40.1 Å². The summed E-state index contributed by atoms with van der Waals surface area (Å²) in [5, 5.41) is 3.22. The lowest BCUT2D eigenvalue weighted by molar-refractivity contribution is 0.171. The molecule has 2 aromatic carbocycles. The average molecular weight is 392 g/mol. The smallest absolute Gasteiger partial charge is 0.232 e. The summed E-state index contributed by atoms with van der Waals surface area (Å²) < 4.78 is 11.2. The van der Waals surface area contributed by atoms with E-state index < -0.39 is 0 Å². The van der Waals surface area contributed by atoms with Crippen molar-refractivity contribution in [3.05, 3.63) is 59.4 Å². The fraction of sp³-hybridized carbons (Fsp3) is 0.286. The van der Waals surface area contributed by atoms with Crippen LogP contribution >= 0.6 is 0 Å². The van der Waals surface area contributed by atoms with Gasteiger partial charge in [-0.1, -0.05) is 24.3 Å². The Kier molecular flexibility index (Phi) is 5.44. The second-order valence-corrected chi connectivity index (χ2v) is 7.02. The molecule has 150 valence electrons. The van der Waals surface area contributed by atoms with Crippen LogP contribution in [0.2, 0.25) is 0 Å². The first-order valence-corrected chi connectivity index (χ1v) is 9.47. The van der Waals surface area contributed by atoms with Crippen LogP contribution in [0.1, 0.15) is 17.0 Å². The van der Waals surface area contributed by atoms with Crippen molar-refractivity contribution >= 4 is 17.6 Å². The summed E-state index contributed by atoms with van der Waals surface area (Å²) in [6.07, 6.45) is 0. The van der Waals surface area contributed by atoms with E-state index >= 15 is 0 Å². The zero-order valence-electron chi connectivity index (χ0n) is 16.6. The molecule has 0 saturated heterocycles. The van der Waals surface area contributed by atoms with Crippen LogP contribution in [0.3, 0.4) is 0 Å². The normalized spacial score (nSPS) is 12.8. The lowest BCUT2D eigenvalue weighted by Crippen LogP contribution is -2.21. The molecule has 1 aliphatic heterocycles. The molecule has 0 unspecified atom stereocenters. The van der Waals surface area contributed by atoms with E-state index in [4.69, 9.17) is 15.2 Å². The Balaban J connectivity index is 1.44. The molecule has 0 spiro atoms. The van der Waals surface area contributed by atoms with Crippen LogP contribution in [0.15, 0.2) is 42.5 Å². The van der Waals surface area contributed by atoms with Crippen LogP contribution in [0.4, 0.5) is 17.6 Å². The number of hydrogen-bond donors (Lipinski definition) is 2. The first kappa shape index (κ1) is 18.9. The Hall–Kier alpha value is -3.39. The summed E-state index contributed by atoms with van der Waals surface area (Å²) in [5.74, 6) is 2.82. The predicted molar refractivity (Wildman–Crippen MR) is 111 cm³/mol. The number of nitrogens with zero attached hydrogens (tertiary/aromatic N) is 4. The van der Waals surface area contributed by atoms with Crippen molar-refractivity contribution in [2.24, 2.45) is 0 Å². The number of ether oxygens (including phenoxy) is 2. The Bertz CT molecular complexity index is 1010. The van der Waals surface area contributed by atoms with E-state index in [0.29, 0.717) is 38.1 Å². The molecule has 1 aromatic heterocycles. The van der Waals surface area contributed by atoms with Crippen molar-refractivity contribution in [1.29, 1.82) is 0 Å². The first-order valence-electron chi connectivity index (χ1n) is 9.47. The number of anilines is 3. The van der Waals surface area contributed by atoms with Crippen LogP contribution in [0.25, 0.3) is 0 Å². The van der Waals surface area contributed by atoms with Gasteiger partial charge in [0.2, 0.25) is 11.9 Å². The summed E-state index contributed by atoms with van der Waals surface area (Å²) in [5.41, 5.74) is 9.07. The highest BCUT2D eigenvalue weighted by atomic mass is 16.6. The Morgan fingerprint density at radius 1 is 1.00 bits per heavy atom. The van der Waals surface area contributed by atoms with Gasteiger partial charge in [-0.05, 0) is 43.3 Å². The van der Waals surface area contributed by atoms with Gasteiger partial charge < -0.3 is 20.5 Å². The molecule has 29 heavy (non-hydrogen) atoms. The molecule has 0 radical (unpaired) electrons. The van der Waals surface area contributed by atoms with Gasteiger partial charge in [0, 0.05) is 12.2 Å². The molecule has 4 rings (SSSR count). The second-order valence-electron chi connectivity index (χ2n) is 7.02. The summed E-state index contributed by atoms with van der Waals surface area (Å²) in [7, 11) is 2.01. The monoisotopic (exact) mass is 392 g/mol. The maximum atomic E-state index is 5.90. The third-order valence-electron chi connectivity index (χ3n) is 4.56. The lowest BCUT2D eigenvalue weighted by atomic mass is 10.2. The molecule has 8 heteroatoms. The molecule has 0 atom stereocenters. The highest BCUT2D eigenvalue weighted by Gasteiger charge is 2.13. The van der Waals surface area contributed by atoms with Crippen LogP contribution in [0, 0.1) is 6.92 Å². The largest absolute Gasteiger partial charge is 0.486 e. The third kappa shape index (κ3) is 4.72. The third-order valence-corrected chi connectivity index (χ3v) is 4.56. The highest BCUT2D eigenvalue weighted by Crippen LogP contribution is 2.31. The molecule has 3 aromatic rings. The summed E-state index contributed by atoms with van der Waals surface area (Å²) in [6.45, 7) is 4.43. The standard InChI is InChI=1S/C21H24N6O2/c1-14-5-3-4-6-16(14)23-21-25-19(24-20(22)26-21)13-27(2)12-15-7-8-17-18(11-15)29-10-9-28-17/h3-8,11H,9-10,12-13H2,1-2H3,(H3,22,23,24,25,26). The number of fused-ring (bicyclic) bond motifs is 1. The highest BCUT2D eigenvalue weighted by molar-refractivity contribution is 5.58. The Morgan fingerprint density at radius 3 is 2.62 bits per heavy atom. The molecule has 0 aliphatic carbocycles. The van der Waals surface area contributed by atoms with Gasteiger partial charge in [0.05, 0.1) is 6.54 Å². The molecule has 3 N–H and O–H groups in total. The quantitative estimate of drug-likeness (QED) is 0.661. The van der Waals surface area contributed by atoms with E-state index in [-0.39, 0.29) is 5.95 Å². The molecule has 0 saturated carbocycles. The van der Waals surface area contributed by atoms with E-state index in [1.54, 1.807) is 0 Å². The van der Waals surface area contributed by atoms with Gasteiger partial charge in [0.15, 0.2) is 11.5 Å². The van der Waals surface area contributed by atoms with Gasteiger partial charge >= 0.3 is 0 Å². The minimum atomic E-state index is 0.193. The minimum absolute atomic E-state index is 0.193. The van der Waals surface area contributed by atoms with Crippen LogP contribution < -0.4 is 20.5 Å².